The van der Waals surface area contributed by atoms with E-state index >= 15 is 0 Å². The lowest BCUT2D eigenvalue weighted by molar-refractivity contribution is -0.0225. The van der Waals surface area contributed by atoms with Crippen molar-refractivity contribution in [3.8, 4) is 0 Å². The van der Waals surface area contributed by atoms with Crippen molar-refractivity contribution < 1.29 is 28.5 Å². The Balaban J connectivity index is 2.98. The minimum Gasteiger partial charge on any atom is -0.465 e. The first-order valence-corrected chi connectivity index (χ1v) is 6.41. The number of carbonyl (C=O) groups is 2. The molecule has 0 aliphatic rings. The van der Waals surface area contributed by atoms with Crippen LogP contribution in [0, 0.1) is 6.92 Å². The van der Waals surface area contributed by atoms with E-state index in [1.165, 1.54) is 21.3 Å². The molecular formula is C15H20O6. The molecule has 0 fully saturated rings. The van der Waals surface area contributed by atoms with Gasteiger partial charge in [0, 0.05) is 14.2 Å². The third kappa shape index (κ3) is 4.84. The molecule has 0 radical (unpaired) electrons. The maximum Gasteiger partial charge on any atom is 0.339 e. The van der Waals surface area contributed by atoms with Crippen molar-refractivity contribution in [2.75, 3.05) is 34.5 Å². The van der Waals surface area contributed by atoms with Crippen molar-refractivity contribution in [1.29, 1.82) is 0 Å². The van der Waals surface area contributed by atoms with Crippen LogP contribution in [0.4, 0.5) is 0 Å². The lowest BCUT2D eigenvalue weighted by atomic mass is 10.0. The predicted octanol–water partition coefficient (Wildman–Crippen LogP) is 1.60. The normalized spacial score (nSPS) is 10.5. The standard InChI is InChI=1S/C15H20O6/c1-10-5-6-12(13(7-10)14(16)20-4)15(17)21-11(8-18-2)9-19-3/h5-7,11H,8-9H2,1-4H3. The molecule has 21 heavy (non-hydrogen) atoms. The quantitative estimate of drug-likeness (QED) is 0.712. The molecule has 116 valence electrons. The topological polar surface area (TPSA) is 71.1 Å². The Morgan fingerprint density at radius 3 is 2.14 bits per heavy atom. The number of methoxy groups -OCH3 is 3. The highest BCUT2D eigenvalue weighted by atomic mass is 16.6. The molecule has 0 bridgehead atoms. The van der Waals surface area contributed by atoms with Crippen LogP contribution >= 0.6 is 0 Å². The highest BCUT2D eigenvalue weighted by Crippen LogP contribution is 2.15. The minimum absolute atomic E-state index is 0.157. The summed E-state index contributed by atoms with van der Waals surface area (Å²) in [6, 6.07) is 4.86. The van der Waals surface area contributed by atoms with E-state index < -0.39 is 18.0 Å². The van der Waals surface area contributed by atoms with Gasteiger partial charge in [-0.05, 0) is 19.1 Å². The molecule has 0 saturated heterocycles. The second-order valence-corrected chi connectivity index (χ2v) is 4.48. The second-order valence-electron chi connectivity index (χ2n) is 4.48. The van der Waals surface area contributed by atoms with Gasteiger partial charge in [0.15, 0.2) is 0 Å². The van der Waals surface area contributed by atoms with Crippen LogP contribution in [0.25, 0.3) is 0 Å². The summed E-state index contributed by atoms with van der Waals surface area (Å²) in [5.74, 6) is -1.20. The number of benzene rings is 1. The van der Waals surface area contributed by atoms with Gasteiger partial charge in [0.05, 0.1) is 31.5 Å². The van der Waals surface area contributed by atoms with Crippen molar-refractivity contribution in [3.63, 3.8) is 0 Å². The second kappa shape index (κ2) is 8.39. The third-order valence-corrected chi connectivity index (χ3v) is 2.78. The van der Waals surface area contributed by atoms with E-state index in [4.69, 9.17) is 14.2 Å². The summed E-state index contributed by atoms with van der Waals surface area (Å²) in [6.07, 6.45) is -0.542. The highest BCUT2D eigenvalue weighted by Gasteiger charge is 2.22. The van der Waals surface area contributed by atoms with E-state index in [2.05, 4.69) is 4.74 Å². The summed E-state index contributed by atoms with van der Waals surface area (Å²) in [6.45, 7) is 2.23. The fraction of sp³-hybridized carbons (Fsp3) is 0.467. The SMILES string of the molecule is COCC(COC)OC(=O)c1ccc(C)cc1C(=O)OC. The molecule has 0 aromatic heterocycles. The van der Waals surface area contributed by atoms with E-state index in [0.29, 0.717) is 0 Å². The summed E-state index contributed by atoms with van der Waals surface area (Å²) in [5.41, 5.74) is 1.18. The number of rotatable bonds is 7. The van der Waals surface area contributed by atoms with Gasteiger partial charge in [0.25, 0.3) is 0 Å². The maximum atomic E-state index is 12.2. The molecule has 0 saturated carbocycles. The van der Waals surface area contributed by atoms with Gasteiger partial charge in [-0.1, -0.05) is 11.6 Å². The Morgan fingerprint density at radius 1 is 1.00 bits per heavy atom. The van der Waals surface area contributed by atoms with Crippen LogP contribution in [0.3, 0.4) is 0 Å². The molecule has 0 amide bonds. The Hall–Kier alpha value is -1.92. The average Bonchev–Trinajstić information content (AvgIpc) is 2.46. The minimum atomic E-state index is -0.616. The zero-order valence-corrected chi connectivity index (χ0v) is 12.7. The largest absolute Gasteiger partial charge is 0.465 e. The lowest BCUT2D eigenvalue weighted by Crippen LogP contribution is -2.28. The van der Waals surface area contributed by atoms with Crippen molar-refractivity contribution in [2.45, 2.75) is 13.0 Å². The van der Waals surface area contributed by atoms with Crippen LogP contribution < -0.4 is 0 Å². The van der Waals surface area contributed by atoms with Gasteiger partial charge >= 0.3 is 11.9 Å². The Labute approximate surface area is 123 Å². The number of esters is 2. The molecule has 6 nitrogen and oxygen atoms in total. The molecule has 1 aromatic carbocycles. The van der Waals surface area contributed by atoms with Crippen LogP contribution in [0.15, 0.2) is 18.2 Å². The van der Waals surface area contributed by atoms with E-state index in [0.717, 1.165) is 5.56 Å². The Kier molecular flexibility index (Phi) is 6.84. The maximum absolute atomic E-state index is 12.2. The summed E-state index contributed by atoms with van der Waals surface area (Å²) in [5, 5.41) is 0. The molecule has 1 aromatic rings. The van der Waals surface area contributed by atoms with Gasteiger partial charge in [0.2, 0.25) is 0 Å². The smallest absolute Gasteiger partial charge is 0.339 e. The van der Waals surface area contributed by atoms with Crippen molar-refractivity contribution >= 4 is 11.9 Å². The molecule has 0 heterocycles. The molecule has 0 aliphatic carbocycles. The molecule has 0 spiro atoms. The number of hydrogen-bond donors (Lipinski definition) is 0. The summed E-state index contributed by atoms with van der Waals surface area (Å²) >= 11 is 0. The zero-order valence-electron chi connectivity index (χ0n) is 12.7. The fourth-order valence-corrected chi connectivity index (χ4v) is 1.82. The Morgan fingerprint density at radius 2 is 1.62 bits per heavy atom. The third-order valence-electron chi connectivity index (χ3n) is 2.78. The molecule has 0 unspecified atom stereocenters. The lowest BCUT2D eigenvalue weighted by Gasteiger charge is -2.17. The van der Waals surface area contributed by atoms with E-state index in [1.807, 2.05) is 6.92 Å². The number of carbonyl (C=O) groups excluding carboxylic acids is 2. The number of hydrogen-bond acceptors (Lipinski definition) is 6. The number of ether oxygens (including phenoxy) is 4. The van der Waals surface area contributed by atoms with Crippen LogP contribution in [0.1, 0.15) is 26.3 Å². The van der Waals surface area contributed by atoms with Gasteiger partial charge in [-0.15, -0.1) is 0 Å². The van der Waals surface area contributed by atoms with Gasteiger partial charge < -0.3 is 18.9 Å². The summed E-state index contributed by atoms with van der Waals surface area (Å²) in [7, 11) is 4.27. The van der Waals surface area contributed by atoms with Gasteiger partial charge in [-0.25, -0.2) is 9.59 Å². The van der Waals surface area contributed by atoms with Crippen LogP contribution in [0.5, 0.6) is 0 Å². The van der Waals surface area contributed by atoms with Crippen LogP contribution in [-0.2, 0) is 18.9 Å². The van der Waals surface area contributed by atoms with E-state index in [9.17, 15) is 9.59 Å². The summed E-state index contributed by atoms with van der Waals surface area (Å²) < 4.78 is 19.9. The van der Waals surface area contributed by atoms with Crippen LogP contribution in [-0.4, -0.2) is 52.6 Å². The van der Waals surface area contributed by atoms with Crippen molar-refractivity contribution in [2.24, 2.45) is 0 Å². The summed E-state index contributed by atoms with van der Waals surface area (Å²) in [4.78, 5) is 24.0. The fourth-order valence-electron chi connectivity index (χ4n) is 1.82. The van der Waals surface area contributed by atoms with Gasteiger partial charge in [-0.3, -0.25) is 0 Å². The molecular weight excluding hydrogens is 276 g/mol. The zero-order chi connectivity index (χ0) is 15.8. The average molecular weight is 296 g/mol. The molecule has 6 heteroatoms. The predicted molar refractivity (Wildman–Crippen MR) is 75.5 cm³/mol. The van der Waals surface area contributed by atoms with E-state index in [1.54, 1.807) is 18.2 Å². The first-order valence-electron chi connectivity index (χ1n) is 6.41. The van der Waals surface area contributed by atoms with Crippen LogP contribution in [0.2, 0.25) is 0 Å². The van der Waals surface area contributed by atoms with Crippen molar-refractivity contribution in [3.05, 3.63) is 34.9 Å². The molecule has 1 rings (SSSR count). The monoisotopic (exact) mass is 296 g/mol. The van der Waals surface area contributed by atoms with Gasteiger partial charge in [0.1, 0.15) is 6.10 Å². The molecule has 0 atom stereocenters. The van der Waals surface area contributed by atoms with E-state index in [-0.39, 0.29) is 24.3 Å². The Bertz CT molecular complexity index is 491. The molecule has 0 aliphatic heterocycles. The molecule has 0 N–H and O–H groups in total. The number of aryl methyl sites for hydroxylation is 1. The highest BCUT2D eigenvalue weighted by molar-refractivity contribution is 6.03. The first kappa shape index (κ1) is 17.1. The van der Waals surface area contributed by atoms with Crippen molar-refractivity contribution in [1.82, 2.24) is 0 Å². The van der Waals surface area contributed by atoms with Gasteiger partial charge in [-0.2, -0.15) is 0 Å². The first-order chi connectivity index (χ1) is 10.0.